The summed E-state index contributed by atoms with van der Waals surface area (Å²) in [5, 5.41) is 20.5. The highest BCUT2D eigenvalue weighted by Gasteiger charge is 2.45. The van der Waals surface area contributed by atoms with E-state index in [2.05, 4.69) is 5.32 Å². The Bertz CT molecular complexity index is 539. The first kappa shape index (κ1) is 15.1. The van der Waals surface area contributed by atoms with Crippen molar-refractivity contribution >= 4 is 23.6 Å². The van der Waals surface area contributed by atoms with Crippen LogP contribution in [-0.4, -0.2) is 17.1 Å². The normalized spacial score (nSPS) is 23.0. The smallest absolute Gasteiger partial charge is 0.243 e. The fraction of sp³-hybridized carbons (Fsp3) is 0.500. The second kappa shape index (κ2) is 5.33. The number of rotatable bonds is 3. The van der Waals surface area contributed by atoms with E-state index >= 15 is 0 Å². The average Bonchev–Trinajstić information content (AvgIpc) is 2.28. The van der Waals surface area contributed by atoms with Crippen LogP contribution in [0.3, 0.4) is 0 Å². The third-order valence-electron chi connectivity index (χ3n) is 3.03. The van der Waals surface area contributed by atoms with Gasteiger partial charge >= 0.3 is 0 Å². The van der Waals surface area contributed by atoms with Crippen molar-refractivity contribution in [2.75, 3.05) is 0 Å². The van der Waals surface area contributed by atoms with Crippen LogP contribution in [0.25, 0.3) is 0 Å². The van der Waals surface area contributed by atoms with Crippen LogP contribution in [0.1, 0.15) is 20.8 Å². The SMILES string of the molecule is C[C@@H](SC1=C(C#N)C(C)(C)[C@H](C#N)C(=O)N1)C(N)=O. The second-order valence-electron chi connectivity index (χ2n) is 4.75. The molecule has 0 aromatic heterocycles. The Kier molecular flexibility index (Phi) is 4.23. The molecule has 6 nitrogen and oxygen atoms in total. The number of nitriles is 2. The molecule has 3 N–H and O–H groups in total. The van der Waals surface area contributed by atoms with E-state index in [0.29, 0.717) is 5.03 Å². The van der Waals surface area contributed by atoms with Crippen LogP contribution in [0.4, 0.5) is 0 Å². The second-order valence-corrected chi connectivity index (χ2v) is 6.10. The summed E-state index contributed by atoms with van der Waals surface area (Å²) >= 11 is 1.02. The first-order chi connectivity index (χ1) is 8.75. The van der Waals surface area contributed by atoms with E-state index in [1.54, 1.807) is 20.8 Å². The van der Waals surface area contributed by atoms with Gasteiger partial charge in [-0.3, -0.25) is 9.59 Å². The Morgan fingerprint density at radius 3 is 2.53 bits per heavy atom. The van der Waals surface area contributed by atoms with Crippen molar-refractivity contribution in [2.45, 2.75) is 26.0 Å². The third-order valence-corrected chi connectivity index (χ3v) is 4.16. The van der Waals surface area contributed by atoms with Gasteiger partial charge in [-0.25, -0.2) is 0 Å². The van der Waals surface area contributed by atoms with Crippen LogP contribution in [0, 0.1) is 34.0 Å². The number of primary amides is 1. The minimum atomic E-state index is -0.935. The van der Waals surface area contributed by atoms with E-state index < -0.39 is 28.4 Å². The molecule has 1 heterocycles. The molecule has 0 spiro atoms. The Morgan fingerprint density at radius 2 is 2.11 bits per heavy atom. The summed E-state index contributed by atoms with van der Waals surface area (Å²) in [7, 11) is 0. The van der Waals surface area contributed by atoms with Crippen molar-refractivity contribution in [1.82, 2.24) is 5.32 Å². The largest absolute Gasteiger partial charge is 0.369 e. The number of carbonyl (C=O) groups is 2. The minimum absolute atomic E-state index is 0.289. The molecule has 1 aliphatic rings. The van der Waals surface area contributed by atoms with Gasteiger partial charge in [0.1, 0.15) is 5.92 Å². The zero-order chi connectivity index (χ0) is 14.8. The molecule has 0 aliphatic carbocycles. The van der Waals surface area contributed by atoms with Crippen molar-refractivity contribution in [3.8, 4) is 12.1 Å². The lowest BCUT2D eigenvalue weighted by Crippen LogP contribution is -2.45. The van der Waals surface area contributed by atoms with Crippen molar-refractivity contribution in [3.05, 3.63) is 10.6 Å². The van der Waals surface area contributed by atoms with Crippen LogP contribution in [0.5, 0.6) is 0 Å². The number of hydrogen-bond acceptors (Lipinski definition) is 5. The number of nitrogens with one attached hydrogen (secondary N) is 1. The molecule has 2 atom stereocenters. The van der Waals surface area contributed by atoms with Gasteiger partial charge in [-0.15, -0.1) is 0 Å². The van der Waals surface area contributed by atoms with Gasteiger partial charge < -0.3 is 11.1 Å². The van der Waals surface area contributed by atoms with Gasteiger partial charge in [-0.2, -0.15) is 10.5 Å². The molecule has 100 valence electrons. The number of allylic oxidation sites excluding steroid dienone is 1. The highest BCUT2D eigenvalue weighted by molar-refractivity contribution is 8.04. The summed E-state index contributed by atoms with van der Waals surface area (Å²) in [6.07, 6.45) is 0. The molecule has 19 heavy (non-hydrogen) atoms. The number of nitrogens with zero attached hydrogens (tertiary/aromatic N) is 2. The Balaban J connectivity index is 3.25. The van der Waals surface area contributed by atoms with Crippen LogP contribution in [0.2, 0.25) is 0 Å². The summed E-state index contributed by atoms with van der Waals surface area (Å²) in [5.41, 5.74) is 4.56. The topological polar surface area (TPSA) is 120 Å². The van der Waals surface area contributed by atoms with Gasteiger partial charge in [-0.1, -0.05) is 25.6 Å². The fourth-order valence-corrected chi connectivity index (χ4v) is 2.81. The predicted molar refractivity (Wildman–Crippen MR) is 69.9 cm³/mol. The maximum Gasteiger partial charge on any atom is 0.243 e. The lowest BCUT2D eigenvalue weighted by molar-refractivity contribution is -0.125. The molecule has 0 unspecified atom stereocenters. The van der Waals surface area contributed by atoms with Crippen molar-refractivity contribution < 1.29 is 9.59 Å². The van der Waals surface area contributed by atoms with Crippen molar-refractivity contribution in [3.63, 3.8) is 0 Å². The van der Waals surface area contributed by atoms with E-state index in [1.807, 2.05) is 12.1 Å². The maximum absolute atomic E-state index is 11.9. The van der Waals surface area contributed by atoms with Gasteiger partial charge in [0.25, 0.3) is 0 Å². The Labute approximate surface area is 115 Å². The highest BCUT2D eigenvalue weighted by Crippen LogP contribution is 2.42. The van der Waals surface area contributed by atoms with E-state index in [9.17, 15) is 14.9 Å². The molecule has 1 rings (SSSR count). The summed E-state index contributed by atoms with van der Waals surface area (Å²) < 4.78 is 0. The lowest BCUT2D eigenvalue weighted by Gasteiger charge is -2.34. The van der Waals surface area contributed by atoms with E-state index in [4.69, 9.17) is 11.0 Å². The summed E-state index contributed by atoms with van der Waals surface area (Å²) in [5.74, 6) is -1.94. The molecular formula is C12H14N4O2S. The third kappa shape index (κ3) is 2.72. The number of amides is 2. The zero-order valence-corrected chi connectivity index (χ0v) is 11.7. The van der Waals surface area contributed by atoms with Crippen molar-refractivity contribution in [1.29, 1.82) is 10.5 Å². The van der Waals surface area contributed by atoms with Crippen LogP contribution in [-0.2, 0) is 9.59 Å². The van der Waals surface area contributed by atoms with Crippen LogP contribution in [0.15, 0.2) is 10.6 Å². The number of carbonyl (C=O) groups excluding carboxylic acids is 2. The molecule has 0 aromatic rings. The van der Waals surface area contributed by atoms with Gasteiger partial charge in [0.15, 0.2) is 0 Å². The fourth-order valence-electron chi connectivity index (χ4n) is 1.75. The molecule has 0 aromatic carbocycles. The van der Waals surface area contributed by atoms with E-state index in [-0.39, 0.29) is 5.57 Å². The van der Waals surface area contributed by atoms with Crippen molar-refractivity contribution in [2.24, 2.45) is 17.1 Å². The molecule has 0 bridgehead atoms. The first-order valence-electron chi connectivity index (χ1n) is 5.57. The standard InChI is InChI=1S/C12H14N4O2S/c1-6(9(15)17)19-11-8(5-14)12(2,3)7(4-13)10(18)16-11/h6-7H,1-3H3,(H2,15,17)(H,16,18)/t6-,7-/m1/s1. The quantitative estimate of drug-likeness (QED) is 0.784. The summed E-state index contributed by atoms with van der Waals surface area (Å²) in [4.78, 5) is 22.9. The molecule has 1 aliphatic heterocycles. The molecule has 0 saturated heterocycles. The predicted octanol–water partition coefficient (Wildman–Crippen LogP) is 0.624. The van der Waals surface area contributed by atoms with Gasteiger partial charge in [0, 0.05) is 5.41 Å². The molecule has 2 amide bonds. The zero-order valence-electron chi connectivity index (χ0n) is 10.9. The monoisotopic (exact) mass is 278 g/mol. The van der Waals surface area contributed by atoms with Crippen LogP contribution >= 0.6 is 11.8 Å². The lowest BCUT2D eigenvalue weighted by atomic mass is 9.72. The van der Waals surface area contributed by atoms with Crippen LogP contribution < -0.4 is 11.1 Å². The maximum atomic E-state index is 11.9. The summed E-state index contributed by atoms with van der Waals surface area (Å²) in [6, 6.07) is 3.92. The van der Waals surface area contributed by atoms with Gasteiger partial charge in [0.2, 0.25) is 11.8 Å². The molecule has 0 fully saturated rings. The number of hydrogen-bond donors (Lipinski definition) is 2. The molecule has 0 saturated carbocycles. The van der Waals surface area contributed by atoms with Gasteiger partial charge in [-0.05, 0) is 6.92 Å². The van der Waals surface area contributed by atoms with Gasteiger partial charge in [0.05, 0.1) is 28.0 Å². The van der Waals surface area contributed by atoms with E-state index in [0.717, 1.165) is 11.8 Å². The summed E-state index contributed by atoms with van der Waals surface area (Å²) in [6.45, 7) is 4.91. The Morgan fingerprint density at radius 1 is 1.53 bits per heavy atom. The first-order valence-corrected chi connectivity index (χ1v) is 6.45. The number of nitrogens with two attached hydrogens (primary N) is 1. The molecule has 0 radical (unpaired) electrons. The molecule has 7 heteroatoms. The van der Waals surface area contributed by atoms with E-state index in [1.165, 1.54) is 0 Å². The number of thioether (sulfide) groups is 1. The molecular weight excluding hydrogens is 264 g/mol. The highest BCUT2D eigenvalue weighted by atomic mass is 32.2. The minimum Gasteiger partial charge on any atom is -0.369 e. The Hall–Kier alpha value is -1.99. The average molecular weight is 278 g/mol.